The summed E-state index contributed by atoms with van der Waals surface area (Å²) in [5, 5.41) is 11.8. The predicted octanol–water partition coefficient (Wildman–Crippen LogP) is 5.45. The number of carbonyl (C=O) groups excluding carboxylic acids is 2. The Morgan fingerprint density at radius 2 is 0.938 bits per heavy atom. The van der Waals surface area contributed by atoms with E-state index in [0.29, 0.717) is 13.1 Å². The van der Waals surface area contributed by atoms with Crippen LogP contribution in [0, 0.1) is 0 Å². The standard InChI is InChI=1S/C26H38N4O2/c1-21(23-15-9-7-10-16-23)29-25(31)27-19-13-5-3-4-6-14-20-28-26(32)30-22(2)24-17-11-8-12-18-24/h7-12,15-18,21-22H,3-6,13-14,19-20H2,1-2H3,(H2,27,29,31)(H2,28,30,32). The van der Waals surface area contributed by atoms with E-state index in [-0.39, 0.29) is 24.1 Å². The minimum Gasteiger partial charge on any atom is -0.338 e. The maximum Gasteiger partial charge on any atom is 0.315 e. The van der Waals surface area contributed by atoms with E-state index in [1.54, 1.807) is 0 Å². The molecule has 0 heterocycles. The van der Waals surface area contributed by atoms with E-state index in [1.807, 2.05) is 74.5 Å². The molecule has 4 N–H and O–H groups in total. The van der Waals surface area contributed by atoms with Gasteiger partial charge in [-0.3, -0.25) is 0 Å². The van der Waals surface area contributed by atoms with Crippen molar-refractivity contribution in [2.24, 2.45) is 0 Å². The predicted molar refractivity (Wildman–Crippen MR) is 130 cm³/mol. The first-order valence-corrected chi connectivity index (χ1v) is 11.7. The summed E-state index contributed by atoms with van der Waals surface area (Å²) >= 11 is 0. The number of hydrogen-bond donors (Lipinski definition) is 4. The van der Waals surface area contributed by atoms with Crippen molar-refractivity contribution >= 4 is 12.1 Å². The maximum absolute atomic E-state index is 12.0. The first-order chi connectivity index (χ1) is 15.6. The Bertz CT molecular complexity index is 715. The van der Waals surface area contributed by atoms with Gasteiger partial charge in [0.05, 0.1) is 12.1 Å². The highest BCUT2D eigenvalue weighted by atomic mass is 16.2. The molecule has 6 heteroatoms. The third-order valence-corrected chi connectivity index (χ3v) is 5.47. The third-order valence-electron chi connectivity index (χ3n) is 5.47. The van der Waals surface area contributed by atoms with Gasteiger partial charge in [0.15, 0.2) is 0 Å². The molecule has 2 rings (SSSR count). The first-order valence-electron chi connectivity index (χ1n) is 11.7. The Balaban J connectivity index is 1.40. The van der Waals surface area contributed by atoms with Gasteiger partial charge in [-0.2, -0.15) is 0 Å². The minimum atomic E-state index is -0.118. The second-order valence-electron chi connectivity index (χ2n) is 8.19. The van der Waals surface area contributed by atoms with Crippen LogP contribution in [0.25, 0.3) is 0 Å². The van der Waals surface area contributed by atoms with Gasteiger partial charge in [-0.25, -0.2) is 9.59 Å². The number of carbonyl (C=O) groups is 2. The smallest absolute Gasteiger partial charge is 0.315 e. The number of unbranched alkanes of at least 4 members (excludes halogenated alkanes) is 5. The highest BCUT2D eigenvalue weighted by Crippen LogP contribution is 2.11. The van der Waals surface area contributed by atoms with Crippen molar-refractivity contribution in [2.75, 3.05) is 13.1 Å². The van der Waals surface area contributed by atoms with E-state index in [1.165, 1.54) is 0 Å². The van der Waals surface area contributed by atoms with Crippen molar-refractivity contribution in [3.8, 4) is 0 Å². The largest absolute Gasteiger partial charge is 0.338 e. The molecule has 0 fully saturated rings. The molecule has 2 aromatic carbocycles. The van der Waals surface area contributed by atoms with E-state index in [0.717, 1.165) is 49.7 Å². The molecule has 0 aliphatic heterocycles. The summed E-state index contributed by atoms with van der Waals surface area (Å²) in [5.41, 5.74) is 2.20. The van der Waals surface area contributed by atoms with Gasteiger partial charge in [-0.1, -0.05) is 86.3 Å². The van der Waals surface area contributed by atoms with Crippen molar-refractivity contribution in [1.82, 2.24) is 21.3 Å². The SMILES string of the molecule is CC(NC(=O)NCCCCCCCCNC(=O)NC(C)c1ccccc1)c1ccccc1. The van der Waals surface area contributed by atoms with E-state index in [9.17, 15) is 9.59 Å². The summed E-state index contributed by atoms with van der Waals surface area (Å²) < 4.78 is 0. The van der Waals surface area contributed by atoms with Gasteiger partial charge in [0.25, 0.3) is 0 Å². The Morgan fingerprint density at radius 3 is 1.31 bits per heavy atom. The summed E-state index contributed by atoms with van der Waals surface area (Å²) in [5.74, 6) is 0. The fraction of sp³-hybridized carbons (Fsp3) is 0.462. The summed E-state index contributed by atoms with van der Waals surface area (Å²) in [6, 6.07) is 19.6. The summed E-state index contributed by atoms with van der Waals surface area (Å²) in [4.78, 5) is 23.9. The van der Waals surface area contributed by atoms with Gasteiger partial charge in [-0.15, -0.1) is 0 Å². The molecular weight excluding hydrogens is 400 g/mol. The molecule has 0 saturated carbocycles. The Morgan fingerprint density at radius 1 is 0.594 bits per heavy atom. The summed E-state index contributed by atoms with van der Waals surface area (Å²) in [7, 11) is 0. The molecule has 32 heavy (non-hydrogen) atoms. The molecule has 0 bridgehead atoms. The molecule has 2 atom stereocenters. The molecule has 174 valence electrons. The zero-order chi connectivity index (χ0) is 23.0. The molecule has 0 aliphatic carbocycles. The fourth-order valence-corrected chi connectivity index (χ4v) is 3.51. The van der Waals surface area contributed by atoms with E-state index in [2.05, 4.69) is 21.3 Å². The van der Waals surface area contributed by atoms with Crippen molar-refractivity contribution in [2.45, 2.75) is 64.5 Å². The highest BCUT2D eigenvalue weighted by Gasteiger charge is 2.09. The quantitative estimate of drug-likeness (QED) is 0.314. The second-order valence-corrected chi connectivity index (χ2v) is 8.19. The van der Waals surface area contributed by atoms with Crippen molar-refractivity contribution < 1.29 is 9.59 Å². The fourth-order valence-electron chi connectivity index (χ4n) is 3.51. The number of amides is 4. The van der Waals surface area contributed by atoms with Crippen LogP contribution in [-0.4, -0.2) is 25.2 Å². The Labute approximate surface area is 192 Å². The molecule has 4 amide bonds. The molecule has 0 saturated heterocycles. The number of rotatable bonds is 13. The van der Waals surface area contributed by atoms with Crippen LogP contribution in [-0.2, 0) is 0 Å². The molecular formula is C26H38N4O2. The number of hydrogen-bond acceptors (Lipinski definition) is 2. The van der Waals surface area contributed by atoms with Crippen LogP contribution in [0.15, 0.2) is 60.7 Å². The van der Waals surface area contributed by atoms with Crippen LogP contribution in [0.1, 0.15) is 75.6 Å². The molecule has 6 nitrogen and oxygen atoms in total. The van der Waals surface area contributed by atoms with Crippen LogP contribution >= 0.6 is 0 Å². The van der Waals surface area contributed by atoms with Crippen LogP contribution in [0.2, 0.25) is 0 Å². The molecule has 0 aliphatic rings. The molecule has 0 aromatic heterocycles. The number of benzene rings is 2. The van der Waals surface area contributed by atoms with Crippen LogP contribution in [0.5, 0.6) is 0 Å². The van der Waals surface area contributed by atoms with E-state index >= 15 is 0 Å². The van der Waals surface area contributed by atoms with Gasteiger partial charge in [0.2, 0.25) is 0 Å². The normalized spacial score (nSPS) is 12.4. The average molecular weight is 439 g/mol. The lowest BCUT2D eigenvalue weighted by atomic mass is 10.1. The van der Waals surface area contributed by atoms with E-state index < -0.39 is 0 Å². The summed E-state index contributed by atoms with van der Waals surface area (Å²) in [6.07, 6.45) is 6.42. The third kappa shape index (κ3) is 10.3. The van der Waals surface area contributed by atoms with Crippen LogP contribution in [0.3, 0.4) is 0 Å². The molecule has 0 spiro atoms. The monoisotopic (exact) mass is 438 g/mol. The lowest BCUT2D eigenvalue weighted by Gasteiger charge is -2.15. The lowest BCUT2D eigenvalue weighted by Crippen LogP contribution is -2.37. The first kappa shape index (κ1) is 25.2. The molecule has 2 aromatic rings. The maximum atomic E-state index is 12.0. The van der Waals surface area contributed by atoms with Gasteiger partial charge < -0.3 is 21.3 Å². The molecule has 0 radical (unpaired) electrons. The second kappa shape index (κ2) is 14.9. The summed E-state index contributed by atoms with van der Waals surface area (Å²) in [6.45, 7) is 5.35. The number of nitrogens with one attached hydrogen (secondary N) is 4. The Hall–Kier alpha value is -3.02. The van der Waals surface area contributed by atoms with Gasteiger partial charge in [-0.05, 0) is 37.8 Å². The van der Waals surface area contributed by atoms with Crippen molar-refractivity contribution in [1.29, 1.82) is 0 Å². The highest BCUT2D eigenvalue weighted by molar-refractivity contribution is 5.74. The topological polar surface area (TPSA) is 82.3 Å². The van der Waals surface area contributed by atoms with Gasteiger partial charge in [0.1, 0.15) is 0 Å². The molecule has 2 unspecified atom stereocenters. The Kier molecular flexibility index (Phi) is 11.7. The minimum absolute atomic E-state index is 0.00607. The van der Waals surface area contributed by atoms with Crippen LogP contribution < -0.4 is 21.3 Å². The van der Waals surface area contributed by atoms with E-state index in [4.69, 9.17) is 0 Å². The van der Waals surface area contributed by atoms with Gasteiger partial charge in [0, 0.05) is 13.1 Å². The average Bonchev–Trinajstić information content (AvgIpc) is 2.81. The van der Waals surface area contributed by atoms with Crippen LogP contribution in [0.4, 0.5) is 9.59 Å². The lowest BCUT2D eigenvalue weighted by molar-refractivity contribution is 0.236. The van der Waals surface area contributed by atoms with Gasteiger partial charge >= 0.3 is 12.1 Å². The zero-order valence-corrected chi connectivity index (χ0v) is 19.4. The van der Waals surface area contributed by atoms with Crippen molar-refractivity contribution in [3.05, 3.63) is 71.8 Å². The zero-order valence-electron chi connectivity index (χ0n) is 19.4. The number of urea groups is 2. The van der Waals surface area contributed by atoms with Crippen molar-refractivity contribution in [3.63, 3.8) is 0 Å².